The second-order valence-electron chi connectivity index (χ2n) is 9.93. The number of fused-ring (bicyclic) bond motifs is 1. The zero-order valence-electron chi connectivity index (χ0n) is 17.3. The summed E-state index contributed by atoms with van der Waals surface area (Å²) in [6.45, 7) is 2.19. The molecule has 156 valence electrons. The number of carbonyl (C=O) groups is 1. The predicted octanol–water partition coefficient (Wildman–Crippen LogP) is 2.70. The lowest BCUT2D eigenvalue weighted by atomic mass is 9.49. The van der Waals surface area contributed by atoms with Gasteiger partial charge in [-0.05, 0) is 80.9 Å². The predicted molar refractivity (Wildman–Crippen MR) is 112 cm³/mol. The maximum atomic E-state index is 13.1. The molecule has 0 aliphatic heterocycles. The van der Waals surface area contributed by atoms with E-state index in [-0.39, 0.29) is 12.5 Å². The summed E-state index contributed by atoms with van der Waals surface area (Å²) in [4.78, 5) is 19.8. The van der Waals surface area contributed by atoms with Gasteiger partial charge in [-0.15, -0.1) is 0 Å². The number of aliphatic hydroxyl groups is 1. The van der Waals surface area contributed by atoms with Crippen LogP contribution in [-0.4, -0.2) is 52.0 Å². The minimum Gasteiger partial charge on any atom is -0.395 e. The van der Waals surface area contributed by atoms with Crippen LogP contribution < -0.4 is 5.32 Å². The van der Waals surface area contributed by atoms with Crippen molar-refractivity contribution in [1.29, 1.82) is 0 Å². The van der Waals surface area contributed by atoms with Gasteiger partial charge in [-0.3, -0.25) is 14.1 Å². The van der Waals surface area contributed by atoms with Gasteiger partial charge in [0, 0.05) is 25.8 Å². The molecule has 2 aromatic rings. The van der Waals surface area contributed by atoms with E-state index in [0.29, 0.717) is 24.2 Å². The molecular formula is C23H32N4O2. The Morgan fingerprint density at radius 1 is 1.24 bits per heavy atom. The fourth-order valence-corrected chi connectivity index (χ4v) is 6.71. The number of amides is 1. The third-order valence-corrected chi connectivity index (χ3v) is 7.48. The number of hydrogen-bond donors (Lipinski definition) is 2. The van der Waals surface area contributed by atoms with Crippen molar-refractivity contribution >= 4 is 11.6 Å². The Bertz CT molecular complexity index is 870. The lowest BCUT2D eigenvalue weighted by molar-refractivity contribution is -0.0503. The highest BCUT2D eigenvalue weighted by Gasteiger charge is 2.50. The average molecular weight is 397 g/mol. The van der Waals surface area contributed by atoms with E-state index < -0.39 is 0 Å². The molecule has 2 N–H and O–H groups in total. The lowest BCUT2D eigenvalue weighted by Gasteiger charge is -2.56. The van der Waals surface area contributed by atoms with Gasteiger partial charge in [0.15, 0.2) is 0 Å². The van der Waals surface area contributed by atoms with Gasteiger partial charge in [0.2, 0.25) is 0 Å². The number of nitrogens with one attached hydrogen (secondary N) is 1. The molecule has 6 rings (SSSR count). The highest BCUT2D eigenvalue weighted by molar-refractivity contribution is 5.93. The summed E-state index contributed by atoms with van der Waals surface area (Å²) >= 11 is 0. The maximum absolute atomic E-state index is 13.1. The van der Waals surface area contributed by atoms with Gasteiger partial charge in [0.05, 0.1) is 12.3 Å². The van der Waals surface area contributed by atoms with E-state index >= 15 is 0 Å². The van der Waals surface area contributed by atoms with Crippen molar-refractivity contribution in [2.45, 2.75) is 45.1 Å². The third-order valence-electron chi connectivity index (χ3n) is 7.48. The zero-order chi connectivity index (χ0) is 20.0. The Morgan fingerprint density at radius 3 is 2.59 bits per heavy atom. The van der Waals surface area contributed by atoms with Crippen LogP contribution in [-0.2, 0) is 6.54 Å². The van der Waals surface area contributed by atoms with Crippen molar-refractivity contribution in [3.05, 3.63) is 35.8 Å². The van der Waals surface area contributed by atoms with Crippen molar-refractivity contribution in [2.75, 3.05) is 26.7 Å². The molecule has 0 radical (unpaired) electrons. The van der Waals surface area contributed by atoms with E-state index in [4.69, 9.17) is 5.11 Å². The lowest BCUT2D eigenvalue weighted by Crippen LogP contribution is -2.51. The Hall–Kier alpha value is -1.92. The van der Waals surface area contributed by atoms with E-state index in [0.717, 1.165) is 35.6 Å². The SMILES string of the molecule is CN(CCO)Cc1cn2c(C(=O)NCC34CC5CC(CC(C5)C3)C4)cccc2n1. The first-order valence-corrected chi connectivity index (χ1v) is 11.1. The van der Waals surface area contributed by atoms with Crippen LogP contribution in [0.4, 0.5) is 0 Å². The number of imidazole rings is 1. The molecule has 0 spiro atoms. The van der Waals surface area contributed by atoms with Crippen LogP contribution in [0.2, 0.25) is 0 Å². The number of hydrogen-bond acceptors (Lipinski definition) is 4. The highest BCUT2D eigenvalue weighted by atomic mass is 16.3. The normalized spacial score (nSPS) is 30.4. The second-order valence-corrected chi connectivity index (χ2v) is 9.93. The molecule has 6 heteroatoms. The zero-order valence-corrected chi connectivity index (χ0v) is 17.3. The molecule has 4 bridgehead atoms. The number of aromatic nitrogens is 2. The van der Waals surface area contributed by atoms with Crippen molar-refractivity contribution in [2.24, 2.45) is 23.2 Å². The van der Waals surface area contributed by atoms with E-state index in [2.05, 4.69) is 10.3 Å². The average Bonchev–Trinajstić information content (AvgIpc) is 3.07. The Kier molecular flexibility index (Phi) is 4.87. The minimum atomic E-state index is -0.000918. The Morgan fingerprint density at radius 2 is 1.93 bits per heavy atom. The first-order valence-electron chi connectivity index (χ1n) is 11.1. The summed E-state index contributed by atoms with van der Waals surface area (Å²) in [7, 11) is 1.96. The molecule has 4 fully saturated rings. The monoisotopic (exact) mass is 396 g/mol. The summed E-state index contributed by atoms with van der Waals surface area (Å²) in [5.74, 6) is 2.69. The number of nitrogens with zero attached hydrogens (tertiary/aromatic N) is 3. The maximum Gasteiger partial charge on any atom is 0.268 e. The Labute approximate surface area is 172 Å². The summed E-state index contributed by atoms with van der Waals surface area (Å²) in [5, 5.41) is 12.4. The molecule has 1 amide bonds. The van der Waals surface area contributed by atoms with E-state index in [9.17, 15) is 4.79 Å². The van der Waals surface area contributed by atoms with Gasteiger partial charge in [0.1, 0.15) is 11.3 Å². The van der Waals surface area contributed by atoms with Gasteiger partial charge >= 0.3 is 0 Å². The smallest absolute Gasteiger partial charge is 0.268 e. The van der Waals surface area contributed by atoms with E-state index in [1.54, 1.807) is 0 Å². The summed E-state index contributed by atoms with van der Waals surface area (Å²) in [6.07, 6.45) is 10.1. The van der Waals surface area contributed by atoms with Crippen LogP contribution in [0.25, 0.3) is 5.65 Å². The standard InChI is InChI=1S/C23H32N4O2/c1-26(5-6-28)13-19-14-27-20(3-2-4-21(27)25-19)22(29)24-15-23-10-16-7-17(11-23)9-18(8-16)12-23/h2-4,14,16-18,28H,5-13,15H2,1H3,(H,24,29). The molecule has 0 saturated heterocycles. The fourth-order valence-electron chi connectivity index (χ4n) is 6.71. The molecule has 2 heterocycles. The van der Waals surface area contributed by atoms with Gasteiger partial charge in [-0.2, -0.15) is 0 Å². The van der Waals surface area contributed by atoms with Crippen LogP contribution in [0.1, 0.15) is 54.7 Å². The van der Waals surface area contributed by atoms with Crippen LogP contribution in [0.15, 0.2) is 24.4 Å². The van der Waals surface area contributed by atoms with Crippen molar-refractivity contribution in [3.8, 4) is 0 Å². The highest BCUT2D eigenvalue weighted by Crippen LogP contribution is 2.59. The quantitative estimate of drug-likeness (QED) is 0.755. The molecule has 6 nitrogen and oxygen atoms in total. The third kappa shape index (κ3) is 3.68. The molecule has 2 aromatic heterocycles. The van der Waals surface area contributed by atoms with Crippen molar-refractivity contribution < 1.29 is 9.90 Å². The summed E-state index contributed by atoms with van der Waals surface area (Å²) in [6, 6.07) is 5.72. The first kappa shape index (κ1) is 19.1. The number of pyridine rings is 1. The van der Waals surface area contributed by atoms with Gasteiger partial charge in [-0.25, -0.2) is 4.98 Å². The van der Waals surface area contributed by atoms with Gasteiger partial charge in [0.25, 0.3) is 5.91 Å². The van der Waals surface area contributed by atoms with E-state index in [1.165, 1.54) is 38.5 Å². The molecule has 29 heavy (non-hydrogen) atoms. The van der Waals surface area contributed by atoms with Crippen LogP contribution >= 0.6 is 0 Å². The number of carbonyl (C=O) groups excluding carboxylic acids is 1. The minimum absolute atomic E-state index is 0.000918. The molecular weight excluding hydrogens is 364 g/mol. The summed E-state index contributed by atoms with van der Waals surface area (Å²) in [5.41, 5.74) is 2.68. The van der Waals surface area contributed by atoms with Crippen LogP contribution in [0.5, 0.6) is 0 Å². The van der Waals surface area contributed by atoms with Crippen LogP contribution in [0, 0.1) is 23.2 Å². The molecule has 0 atom stereocenters. The largest absolute Gasteiger partial charge is 0.395 e. The van der Waals surface area contributed by atoms with E-state index in [1.807, 2.05) is 40.7 Å². The first-order chi connectivity index (χ1) is 14.0. The topological polar surface area (TPSA) is 69.9 Å². The fraction of sp³-hybridized carbons (Fsp3) is 0.652. The molecule has 4 aliphatic carbocycles. The summed E-state index contributed by atoms with van der Waals surface area (Å²) < 4.78 is 1.90. The molecule has 4 saturated carbocycles. The second kappa shape index (κ2) is 7.40. The number of aliphatic hydroxyl groups excluding tert-OH is 1. The molecule has 0 unspecified atom stereocenters. The Balaban J connectivity index is 1.30. The molecule has 0 aromatic carbocycles. The number of likely N-dealkylation sites (N-methyl/N-ethyl adjacent to an activating group) is 1. The van der Waals surface area contributed by atoms with Gasteiger partial charge < -0.3 is 10.4 Å². The molecule has 4 aliphatic rings. The van der Waals surface area contributed by atoms with Crippen molar-refractivity contribution in [3.63, 3.8) is 0 Å². The number of rotatable bonds is 7. The van der Waals surface area contributed by atoms with Crippen molar-refractivity contribution in [1.82, 2.24) is 19.6 Å². The van der Waals surface area contributed by atoms with Gasteiger partial charge in [-0.1, -0.05) is 6.07 Å². The van der Waals surface area contributed by atoms with Crippen LogP contribution in [0.3, 0.4) is 0 Å².